The molecule has 0 aliphatic carbocycles. The van der Waals surface area contributed by atoms with Crippen molar-refractivity contribution >= 4 is 22.7 Å². The van der Waals surface area contributed by atoms with Crippen molar-refractivity contribution in [3.63, 3.8) is 0 Å². The number of benzene rings is 1. The number of carbonyl (C=O) groups is 1. The number of amides is 1. The molecule has 8 nitrogen and oxygen atoms in total. The SMILES string of the molecule is COc1ncccc1C(=O)Nc1ccc2oc(=O)n(CCN(C)C)c2c1. The van der Waals surface area contributed by atoms with Crippen LogP contribution in [0.1, 0.15) is 10.4 Å². The van der Waals surface area contributed by atoms with Gasteiger partial charge in [-0.15, -0.1) is 0 Å². The Morgan fingerprint density at radius 1 is 1.35 bits per heavy atom. The molecule has 1 amide bonds. The normalized spacial score (nSPS) is 11.1. The second-order valence-corrected chi connectivity index (χ2v) is 6.02. The first-order chi connectivity index (χ1) is 12.5. The minimum Gasteiger partial charge on any atom is -0.480 e. The Kier molecular flexibility index (Phi) is 5.04. The Hall–Kier alpha value is -3.13. The molecule has 0 bridgehead atoms. The molecule has 0 radical (unpaired) electrons. The second kappa shape index (κ2) is 7.40. The van der Waals surface area contributed by atoms with Crippen LogP contribution in [-0.2, 0) is 6.54 Å². The van der Waals surface area contributed by atoms with E-state index in [1.54, 1.807) is 41.1 Å². The summed E-state index contributed by atoms with van der Waals surface area (Å²) >= 11 is 0. The molecular formula is C18H20N4O4. The van der Waals surface area contributed by atoms with Gasteiger partial charge in [-0.25, -0.2) is 9.78 Å². The Balaban J connectivity index is 1.90. The first-order valence-electron chi connectivity index (χ1n) is 8.08. The number of carbonyl (C=O) groups excluding carboxylic acids is 1. The average Bonchev–Trinajstić information content (AvgIpc) is 2.94. The van der Waals surface area contributed by atoms with Gasteiger partial charge in [0.15, 0.2) is 5.58 Å². The van der Waals surface area contributed by atoms with Crippen molar-refractivity contribution in [1.29, 1.82) is 0 Å². The number of ether oxygens (including phenoxy) is 1. The highest BCUT2D eigenvalue weighted by molar-refractivity contribution is 6.06. The number of hydrogen-bond acceptors (Lipinski definition) is 6. The van der Waals surface area contributed by atoms with Crippen LogP contribution in [0, 0.1) is 0 Å². The summed E-state index contributed by atoms with van der Waals surface area (Å²) in [5.74, 6) is -0.517. The third-order valence-electron chi connectivity index (χ3n) is 3.91. The van der Waals surface area contributed by atoms with Crippen LogP contribution in [0.2, 0.25) is 0 Å². The monoisotopic (exact) mass is 356 g/mol. The van der Waals surface area contributed by atoms with Gasteiger partial charge in [0.1, 0.15) is 5.56 Å². The minimum atomic E-state index is -0.417. The van der Waals surface area contributed by atoms with E-state index in [0.717, 1.165) is 0 Å². The van der Waals surface area contributed by atoms with Gasteiger partial charge in [-0.05, 0) is 44.4 Å². The van der Waals surface area contributed by atoms with Gasteiger partial charge in [0.2, 0.25) is 5.88 Å². The molecule has 8 heteroatoms. The summed E-state index contributed by atoms with van der Waals surface area (Å²) in [5.41, 5.74) is 1.98. The maximum Gasteiger partial charge on any atom is 0.419 e. The molecule has 26 heavy (non-hydrogen) atoms. The molecule has 0 aliphatic rings. The van der Waals surface area contributed by atoms with E-state index in [4.69, 9.17) is 9.15 Å². The number of rotatable bonds is 6. The maximum atomic E-state index is 12.5. The second-order valence-electron chi connectivity index (χ2n) is 6.02. The third-order valence-corrected chi connectivity index (χ3v) is 3.91. The van der Waals surface area contributed by atoms with E-state index in [1.165, 1.54) is 7.11 Å². The van der Waals surface area contributed by atoms with E-state index < -0.39 is 5.76 Å². The van der Waals surface area contributed by atoms with Gasteiger partial charge in [0, 0.05) is 25.0 Å². The van der Waals surface area contributed by atoms with Gasteiger partial charge >= 0.3 is 5.76 Å². The van der Waals surface area contributed by atoms with E-state index in [-0.39, 0.29) is 11.8 Å². The fourth-order valence-corrected chi connectivity index (χ4v) is 2.58. The van der Waals surface area contributed by atoms with Gasteiger partial charge in [-0.1, -0.05) is 0 Å². The van der Waals surface area contributed by atoms with Crippen LogP contribution >= 0.6 is 0 Å². The van der Waals surface area contributed by atoms with E-state index in [9.17, 15) is 9.59 Å². The Morgan fingerprint density at radius 2 is 2.15 bits per heavy atom. The highest BCUT2D eigenvalue weighted by atomic mass is 16.5. The average molecular weight is 356 g/mol. The largest absolute Gasteiger partial charge is 0.480 e. The van der Waals surface area contributed by atoms with Crippen LogP contribution in [0.5, 0.6) is 5.88 Å². The van der Waals surface area contributed by atoms with Crippen LogP contribution in [0.4, 0.5) is 5.69 Å². The number of oxazole rings is 1. The molecule has 0 aliphatic heterocycles. The van der Waals surface area contributed by atoms with E-state index in [1.807, 2.05) is 19.0 Å². The first kappa shape index (κ1) is 17.7. The summed E-state index contributed by atoms with van der Waals surface area (Å²) in [6, 6.07) is 8.36. The zero-order chi connectivity index (χ0) is 18.7. The number of methoxy groups -OCH3 is 1. The Morgan fingerprint density at radius 3 is 2.88 bits per heavy atom. The smallest absolute Gasteiger partial charge is 0.419 e. The van der Waals surface area contributed by atoms with E-state index in [2.05, 4.69) is 10.3 Å². The molecule has 0 saturated heterocycles. The van der Waals surface area contributed by atoms with Crippen LogP contribution < -0.4 is 15.8 Å². The molecule has 0 unspecified atom stereocenters. The van der Waals surface area contributed by atoms with Crippen molar-refractivity contribution < 1.29 is 13.9 Å². The fourth-order valence-electron chi connectivity index (χ4n) is 2.58. The number of likely N-dealkylation sites (N-methyl/N-ethyl adjacent to an activating group) is 1. The van der Waals surface area contributed by atoms with Crippen LogP contribution in [0.15, 0.2) is 45.7 Å². The molecule has 0 spiro atoms. The zero-order valence-electron chi connectivity index (χ0n) is 14.9. The van der Waals surface area contributed by atoms with Crippen molar-refractivity contribution in [2.24, 2.45) is 0 Å². The lowest BCUT2D eigenvalue weighted by molar-refractivity contribution is 0.102. The lowest BCUT2D eigenvalue weighted by atomic mass is 10.2. The quantitative estimate of drug-likeness (QED) is 0.724. The van der Waals surface area contributed by atoms with Gasteiger partial charge < -0.3 is 19.4 Å². The van der Waals surface area contributed by atoms with E-state index >= 15 is 0 Å². The standard InChI is InChI=1S/C18H20N4O4/c1-21(2)9-10-22-14-11-12(6-7-15(14)26-18(22)24)20-16(23)13-5-4-8-19-17(13)25-3/h4-8,11H,9-10H2,1-3H3,(H,20,23). The fraction of sp³-hybridized carbons (Fsp3) is 0.278. The lowest BCUT2D eigenvalue weighted by Gasteiger charge is -2.10. The molecule has 1 aromatic carbocycles. The number of aromatic nitrogens is 2. The summed E-state index contributed by atoms with van der Waals surface area (Å²) < 4.78 is 11.9. The summed E-state index contributed by atoms with van der Waals surface area (Å²) in [5, 5.41) is 2.80. The predicted octanol–water partition coefficient (Wildman–Crippen LogP) is 1.81. The van der Waals surface area contributed by atoms with Gasteiger partial charge in [-0.3, -0.25) is 9.36 Å². The molecule has 0 fully saturated rings. The highest BCUT2D eigenvalue weighted by Gasteiger charge is 2.15. The Labute approximate surface area is 150 Å². The highest BCUT2D eigenvalue weighted by Crippen LogP contribution is 2.21. The van der Waals surface area contributed by atoms with Crippen molar-refractivity contribution in [3.05, 3.63) is 52.6 Å². The summed E-state index contributed by atoms with van der Waals surface area (Å²) in [4.78, 5) is 30.6. The number of pyridine rings is 1. The van der Waals surface area contributed by atoms with Gasteiger partial charge in [0.05, 0.1) is 12.6 Å². The van der Waals surface area contributed by atoms with Crippen LogP contribution in [0.25, 0.3) is 11.1 Å². The zero-order valence-corrected chi connectivity index (χ0v) is 14.9. The summed E-state index contributed by atoms with van der Waals surface area (Å²) in [7, 11) is 5.32. The summed E-state index contributed by atoms with van der Waals surface area (Å²) in [6.07, 6.45) is 1.55. The third kappa shape index (κ3) is 3.60. The van der Waals surface area contributed by atoms with Crippen LogP contribution in [-0.4, -0.2) is 48.1 Å². The van der Waals surface area contributed by atoms with Crippen LogP contribution in [0.3, 0.4) is 0 Å². The number of nitrogens with zero attached hydrogens (tertiary/aromatic N) is 3. The van der Waals surface area contributed by atoms with Gasteiger partial charge in [0.25, 0.3) is 5.91 Å². The number of fused-ring (bicyclic) bond motifs is 1. The van der Waals surface area contributed by atoms with E-state index in [0.29, 0.717) is 35.4 Å². The molecular weight excluding hydrogens is 336 g/mol. The molecule has 2 aromatic heterocycles. The molecule has 1 N–H and O–H groups in total. The molecule has 136 valence electrons. The molecule has 3 rings (SSSR count). The number of hydrogen-bond donors (Lipinski definition) is 1. The van der Waals surface area contributed by atoms with Crippen molar-refractivity contribution in [1.82, 2.24) is 14.5 Å². The molecule has 0 saturated carbocycles. The molecule has 0 atom stereocenters. The summed E-state index contributed by atoms with van der Waals surface area (Å²) in [6.45, 7) is 1.19. The minimum absolute atomic E-state index is 0.247. The van der Waals surface area contributed by atoms with Gasteiger partial charge in [-0.2, -0.15) is 0 Å². The lowest BCUT2D eigenvalue weighted by Crippen LogP contribution is -2.23. The predicted molar refractivity (Wildman–Crippen MR) is 97.8 cm³/mol. The Bertz CT molecular complexity index is 990. The van der Waals surface area contributed by atoms with Crippen molar-refractivity contribution in [2.45, 2.75) is 6.54 Å². The number of anilines is 1. The topological polar surface area (TPSA) is 89.6 Å². The maximum absolute atomic E-state index is 12.5. The molecule has 2 heterocycles. The van der Waals surface area contributed by atoms with Crippen molar-refractivity contribution in [2.75, 3.05) is 33.1 Å². The van der Waals surface area contributed by atoms with Crippen molar-refractivity contribution in [3.8, 4) is 5.88 Å². The first-order valence-corrected chi connectivity index (χ1v) is 8.08. The number of nitrogens with one attached hydrogen (secondary N) is 1. The molecule has 3 aromatic rings.